The highest BCUT2D eigenvalue weighted by Gasteiger charge is 2.31. The van der Waals surface area contributed by atoms with Crippen molar-refractivity contribution in [3.05, 3.63) is 53.6 Å². The van der Waals surface area contributed by atoms with Gasteiger partial charge in [-0.3, -0.25) is 9.10 Å². The van der Waals surface area contributed by atoms with Gasteiger partial charge in [-0.25, -0.2) is 8.42 Å². The Morgan fingerprint density at radius 3 is 2.29 bits per heavy atom. The van der Waals surface area contributed by atoms with Crippen LogP contribution in [0.15, 0.2) is 42.5 Å². The van der Waals surface area contributed by atoms with E-state index in [-0.39, 0.29) is 23.5 Å². The topological polar surface area (TPSA) is 84.9 Å². The van der Waals surface area contributed by atoms with Crippen molar-refractivity contribution in [1.82, 2.24) is 5.32 Å². The number of nitrogens with one attached hydrogen (secondary N) is 1. The maximum atomic E-state index is 12.9. The zero-order valence-corrected chi connectivity index (χ0v) is 18.2. The Labute approximate surface area is 178 Å². The summed E-state index contributed by atoms with van der Waals surface area (Å²) < 4.78 is 74.6. The molecule has 0 aliphatic heterocycles. The number of methoxy groups -OCH3 is 2. The van der Waals surface area contributed by atoms with E-state index in [1.807, 2.05) is 0 Å². The van der Waals surface area contributed by atoms with E-state index >= 15 is 0 Å². The van der Waals surface area contributed by atoms with Crippen LogP contribution in [0.1, 0.15) is 18.1 Å². The fourth-order valence-electron chi connectivity index (χ4n) is 2.97. The zero-order chi connectivity index (χ0) is 23.4. The molecule has 0 saturated carbocycles. The lowest BCUT2D eigenvalue weighted by Gasteiger charge is -2.28. The Bertz CT molecular complexity index is 1040. The standard InChI is InChI=1S/C20H23F3N2O5S/c1-13(19(26)24-12-14-6-5-7-15(10-14)20(21,22)23)25(31(4,27)28)16-8-9-17(29-2)18(11-16)30-3/h5-11,13H,12H2,1-4H3,(H,24,26). The van der Waals surface area contributed by atoms with E-state index in [2.05, 4.69) is 5.32 Å². The van der Waals surface area contributed by atoms with Crippen LogP contribution < -0.4 is 19.1 Å². The Morgan fingerprint density at radius 2 is 1.74 bits per heavy atom. The van der Waals surface area contributed by atoms with Gasteiger partial charge in [-0.15, -0.1) is 0 Å². The summed E-state index contributed by atoms with van der Waals surface area (Å²) in [5, 5.41) is 2.48. The average Bonchev–Trinajstić information content (AvgIpc) is 2.70. The van der Waals surface area contributed by atoms with Gasteiger partial charge in [-0.05, 0) is 36.8 Å². The summed E-state index contributed by atoms with van der Waals surface area (Å²) in [5.74, 6) is -0.0378. The predicted molar refractivity (Wildman–Crippen MR) is 110 cm³/mol. The van der Waals surface area contributed by atoms with Crippen LogP contribution in [0, 0.1) is 0 Å². The van der Waals surface area contributed by atoms with E-state index in [0.29, 0.717) is 5.75 Å². The zero-order valence-electron chi connectivity index (χ0n) is 17.4. The molecule has 0 spiro atoms. The van der Waals surface area contributed by atoms with E-state index in [0.717, 1.165) is 22.7 Å². The van der Waals surface area contributed by atoms with Crippen LogP contribution in [0.3, 0.4) is 0 Å². The summed E-state index contributed by atoms with van der Waals surface area (Å²) in [6.45, 7) is 1.18. The number of ether oxygens (including phenoxy) is 2. The van der Waals surface area contributed by atoms with E-state index < -0.39 is 33.7 Å². The average molecular weight is 460 g/mol. The summed E-state index contributed by atoms with van der Waals surface area (Å²) in [6.07, 6.45) is -3.56. The molecule has 1 amide bonds. The number of hydrogen-bond donors (Lipinski definition) is 1. The minimum Gasteiger partial charge on any atom is -0.493 e. The fraction of sp³-hybridized carbons (Fsp3) is 0.350. The third-order valence-electron chi connectivity index (χ3n) is 4.43. The quantitative estimate of drug-likeness (QED) is 0.654. The molecule has 0 saturated heterocycles. The summed E-state index contributed by atoms with van der Waals surface area (Å²) in [4.78, 5) is 12.6. The van der Waals surface area contributed by atoms with Crippen LogP contribution in [-0.4, -0.2) is 40.8 Å². The van der Waals surface area contributed by atoms with Gasteiger partial charge in [0.25, 0.3) is 0 Å². The lowest BCUT2D eigenvalue weighted by Crippen LogP contribution is -2.47. The molecule has 0 radical (unpaired) electrons. The van der Waals surface area contributed by atoms with Gasteiger partial charge in [0.1, 0.15) is 6.04 Å². The number of alkyl halides is 3. The second kappa shape index (κ2) is 9.46. The molecule has 1 unspecified atom stereocenters. The normalized spacial score (nSPS) is 12.7. The molecule has 7 nitrogen and oxygen atoms in total. The van der Waals surface area contributed by atoms with Crippen LogP contribution in [0.2, 0.25) is 0 Å². The lowest BCUT2D eigenvalue weighted by molar-refractivity contribution is -0.137. The van der Waals surface area contributed by atoms with Crippen molar-refractivity contribution in [2.45, 2.75) is 25.7 Å². The third kappa shape index (κ3) is 6.03. The SMILES string of the molecule is COc1ccc(N(C(C)C(=O)NCc2cccc(C(F)(F)F)c2)S(C)(=O)=O)cc1OC. The number of amides is 1. The first kappa shape index (κ1) is 24.3. The molecule has 2 aromatic carbocycles. The molecule has 0 bridgehead atoms. The highest BCUT2D eigenvalue weighted by atomic mass is 32.2. The summed E-state index contributed by atoms with van der Waals surface area (Å²) in [6, 6.07) is 7.71. The van der Waals surface area contributed by atoms with Gasteiger partial charge in [0, 0.05) is 12.6 Å². The summed E-state index contributed by atoms with van der Waals surface area (Å²) in [7, 11) is -1.08. The molecular formula is C20H23F3N2O5S. The number of carbonyl (C=O) groups is 1. The van der Waals surface area contributed by atoms with Gasteiger partial charge in [0.05, 0.1) is 31.7 Å². The third-order valence-corrected chi connectivity index (χ3v) is 5.67. The van der Waals surface area contributed by atoms with Crippen molar-refractivity contribution in [3.8, 4) is 11.5 Å². The first-order chi connectivity index (χ1) is 14.4. The predicted octanol–water partition coefficient (Wildman–Crippen LogP) is 3.19. The van der Waals surface area contributed by atoms with Crippen LogP contribution in [0.4, 0.5) is 18.9 Å². The van der Waals surface area contributed by atoms with Gasteiger partial charge in [0.2, 0.25) is 15.9 Å². The molecule has 1 N–H and O–H groups in total. The molecule has 31 heavy (non-hydrogen) atoms. The van der Waals surface area contributed by atoms with Gasteiger partial charge in [0.15, 0.2) is 11.5 Å². The Kier molecular flexibility index (Phi) is 7.42. The van der Waals surface area contributed by atoms with Crippen LogP contribution in [0.5, 0.6) is 11.5 Å². The molecule has 0 aromatic heterocycles. The van der Waals surface area contributed by atoms with Gasteiger partial charge >= 0.3 is 6.18 Å². The van der Waals surface area contributed by atoms with E-state index in [4.69, 9.17) is 9.47 Å². The Hall–Kier alpha value is -2.95. The molecule has 170 valence electrons. The molecule has 0 fully saturated rings. The minimum absolute atomic E-state index is 0.168. The minimum atomic E-state index is -4.51. The van der Waals surface area contributed by atoms with E-state index in [1.54, 1.807) is 0 Å². The number of halogens is 3. The van der Waals surface area contributed by atoms with Crippen LogP contribution >= 0.6 is 0 Å². The Balaban J connectivity index is 2.25. The molecule has 11 heteroatoms. The van der Waals surface area contributed by atoms with Crippen LogP contribution in [0.25, 0.3) is 0 Å². The number of carbonyl (C=O) groups excluding carboxylic acids is 1. The van der Waals surface area contributed by atoms with Gasteiger partial charge in [-0.2, -0.15) is 13.2 Å². The fourth-order valence-corrected chi connectivity index (χ4v) is 4.13. The monoisotopic (exact) mass is 460 g/mol. The van der Waals surface area contributed by atoms with Crippen molar-refractivity contribution in [2.75, 3.05) is 24.8 Å². The van der Waals surface area contributed by atoms with Crippen molar-refractivity contribution in [2.24, 2.45) is 0 Å². The van der Waals surface area contributed by atoms with Crippen molar-refractivity contribution >= 4 is 21.6 Å². The van der Waals surface area contributed by atoms with E-state index in [9.17, 15) is 26.4 Å². The number of rotatable bonds is 8. The number of nitrogens with zero attached hydrogens (tertiary/aromatic N) is 1. The van der Waals surface area contributed by atoms with Gasteiger partial charge in [-0.1, -0.05) is 12.1 Å². The summed E-state index contributed by atoms with van der Waals surface area (Å²) in [5.41, 5.74) is -0.440. The number of hydrogen-bond acceptors (Lipinski definition) is 5. The van der Waals surface area contributed by atoms with Gasteiger partial charge < -0.3 is 14.8 Å². The second-order valence-electron chi connectivity index (χ2n) is 6.69. The first-order valence-electron chi connectivity index (χ1n) is 9.03. The molecule has 2 aromatic rings. The molecule has 2 rings (SSSR count). The molecule has 0 heterocycles. The highest BCUT2D eigenvalue weighted by molar-refractivity contribution is 7.92. The van der Waals surface area contributed by atoms with E-state index in [1.165, 1.54) is 51.5 Å². The highest BCUT2D eigenvalue weighted by Crippen LogP contribution is 2.33. The number of sulfonamides is 1. The second-order valence-corrected chi connectivity index (χ2v) is 8.55. The maximum Gasteiger partial charge on any atom is 0.416 e. The van der Waals surface area contributed by atoms with Crippen molar-refractivity contribution in [3.63, 3.8) is 0 Å². The first-order valence-corrected chi connectivity index (χ1v) is 10.9. The largest absolute Gasteiger partial charge is 0.493 e. The smallest absolute Gasteiger partial charge is 0.416 e. The summed E-state index contributed by atoms with van der Waals surface area (Å²) >= 11 is 0. The lowest BCUT2D eigenvalue weighted by atomic mass is 10.1. The maximum absolute atomic E-state index is 12.9. The molecule has 1 atom stereocenters. The number of benzene rings is 2. The van der Waals surface area contributed by atoms with Crippen LogP contribution in [-0.2, 0) is 27.5 Å². The Morgan fingerprint density at radius 1 is 1.10 bits per heavy atom. The van der Waals surface area contributed by atoms with Crippen molar-refractivity contribution < 1.29 is 35.9 Å². The van der Waals surface area contributed by atoms with Crippen molar-refractivity contribution in [1.29, 1.82) is 0 Å². The number of anilines is 1. The molecule has 0 aliphatic carbocycles. The molecule has 0 aliphatic rings. The molecular weight excluding hydrogens is 437 g/mol.